The van der Waals surface area contributed by atoms with Crippen LogP contribution < -0.4 is 4.40 Å². The van der Waals surface area contributed by atoms with Gasteiger partial charge in [0.05, 0.1) is 5.39 Å². The lowest BCUT2D eigenvalue weighted by Crippen LogP contribution is -2.26. The number of hydrogen-bond acceptors (Lipinski definition) is 0. The fraction of sp³-hybridized carbons (Fsp3) is 0.0870. The van der Waals surface area contributed by atoms with Crippen LogP contribution in [0, 0.1) is 13.8 Å². The number of nitrogens with zero attached hydrogens (tertiary/aromatic N) is 1. The second-order valence-corrected chi connectivity index (χ2v) is 6.25. The van der Waals surface area contributed by atoms with Gasteiger partial charge in [-0.2, -0.15) is 4.40 Å². The Morgan fingerprint density at radius 3 is 2.33 bits per heavy atom. The molecule has 0 spiro atoms. The molecule has 0 unspecified atom stereocenters. The molecule has 0 amide bonds. The van der Waals surface area contributed by atoms with Gasteiger partial charge < -0.3 is 0 Å². The molecule has 2 aromatic carbocycles. The minimum atomic E-state index is 1.15. The first kappa shape index (κ1) is 14.6. The molecule has 2 aromatic heterocycles. The first-order chi connectivity index (χ1) is 11.7. The average Bonchev–Trinajstić information content (AvgIpc) is 2.66. The van der Waals surface area contributed by atoms with Crippen LogP contribution in [-0.4, -0.2) is 0 Å². The summed E-state index contributed by atoms with van der Waals surface area (Å²) in [6.45, 7) is 8.21. The van der Waals surface area contributed by atoms with Crippen molar-refractivity contribution in [2.75, 3.05) is 0 Å². The highest BCUT2D eigenvalue weighted by atomic mass is 14.9. The third-order valence-electron chi connectivity index (χ3n) is 4.94. The van der Waals surface area contributed by atoms with Crippen molar-refractivity contribution in [1.82, 2.24) is 0 Å². The van der Waals surface area contributed by atoms with Crippen LogP contribution in [-0.2, 0) is 0 Å². The van der Waals surface area contributed by atoms with E-state index < -0.39 is 0 Å². The smallest absolute Gasteiger partial charge is 0.164 e. The van der Waals surface area contributed by atoms with Gasteiger partial charge in [-0.05, 0) is 41.1 Å². The molecule has 0 atom stereocenters. The largest absolute Gasteiger partial charge is 0.218 e. The van der Waals surface area contributed by atoms with Gasteiger partial charge in [0.2, 0.25) is 5.52 Å². The summed E-state index contributed by atoms with van der Waals surface area (Å²) in [6.07, 6.45) is 4.02. The van der Waals surface area contributed by atoms with Crippen LogP contribution in [0.2, 0.25) is 0 Å². The summed E-state index contributed by atoms with van der Waals surface area (Å²) in [7, 11) is 0. The Morgan fingerprint density at radius 1 is 0.833 bits per heavy atom. The van der Waals surface area contributed by atoms with Gasteiger partial charge in [-0.1, -0.05) is 49.1 Å². The van der Waals surface area contributed by atoms with E-state index in [1.807, 2.05) is 6.08 Å². The summed E-state index contributed by atoms with van der Waals surface area (Å²) in [5, 5.41) is 2.62. The zero-order valence-corrected chi connectivity index (χ0v) is 14.1. The Balaban J connectivity index is 2.02. The van der Waals surface area contributed by atoms with Gasteiger partial charge in [0.15, 0.2) is 11.9 Å². The Labute approximate surface area is 142 Å². The van der Waals surface area contributed by atoms with Gasteiger partial charge in [-0.25, -0.2) is 0 Å². The molecule has 0 saturated carbocycles. The molecule has 0 aliphatic rings. The van der Waals surface area contributed by atoms with Crippen LogP contribution >= 0.6 is 0 Å². The molecular formula is C23H20N+. The van der Waals surface area contributed by atoms with Crippen molar-refractivity contribution < 1.29 is 4.40 Å². The minimum Gasteiger partial charge on any atom is -0.164 e. The van der Waals surface area contributed by atoms with Crippen LogP contribution in [0.15, 0.2) is 73.4 Å². The van der Waals surface area contributed by atoms with Crippen molar-refractivity contribution in [3.63, 3.8) is 0 Å². The van der Waals surface area contributed by atoms with Gasteiger partial charge >= 0.3 is 0 Å². The molecule has 0 radical (unpaired) electrons. The van der Waals surface area contributed by atoms with E-state index >= 15 is 0 Å². The summed E-state index contributed by atoms with van der Waals surface area (Å²) >= 11 is 0. The summed E-state index contributed by atoms with van der Waals surface area (Å²) in [4.78, 5) is 0. The third kappa shape index (κ3) is 2.21. The Morgan fingerprint density at radius 2 is 1.58 bits per heavy atom. The molecule has 116 valence electrons. The van der Waals surface area contributed by atoms with Crippen molar-refractivity contribution in [3.05, 3.63) is 90.3 Å². The SMILES string of the molecule is C=Cc1ccc(-c2ccc3c(C)c(C)[n+]4ccccc4c3c2)cc1. The van der Waals surface area contributed by atoms with Crippen molar-refractivity contribution in [1.29, 1.82) is 0 Å². The first-order valence-corrected chi connectivity index (χ1v) is 8.25. The number of hydrogen-bond donors (Lipinski definition) is 0. The van der Waals surface area contributed by atoms with E-state index in [2.05, 4.69) is 91.7 Å². The lowest BCUT2D eigenvalue weighted by Gasteiger charge is -2.09. The standard InChI is InChI=1S/C23H20N/c1-4-18-8-10-19(11-9-18)20-12-13-21-16(2)17(3)24-14-6-5-7-23(24)22(21)15-20/h4-15H,1H2,2-3H3/q+1. The average molecular weight is 310 g/mol. The highest BCUT2D eigenvalue weighted by molar-refractivity contribution is 5.98. The number of pyridine rings is 2. The van der Waals surface area contributed by atoms with Crippen molar-refractivity contribution in [3.8, 4) is 11.1 Å². The van der Waals surface area contributed by atoms with E-state index in [4.69, 9.17) is 0 Å². The van der Waals surface area contributed by atoms with Crippen molar-refractivity contribution in [2.24, 2.45) is 0 Å². The molecule has 24 heavy (non-hydrogen) atoms. The Bertz CT molecular complexity index is 1070. The minimum absolute atomic E-state index is 1.15. The van der Waals surface area contributed by atoms with Crippen LogP contribution in [0.5, 0.6) is 0 Å². The molecule has 0 fully saturated rings. The fourth-order valence-corrected chi connectivity index (χ4v) is 3.41. The quantitative estimate of drug-likeness (QED) is 0.340. The molecule has 0 bridgehead atoms. The van der Waals surface area contributed by atoms with Gasteiger partial charge in [0.25, 0.3) is 0 Å². The second kappa shape index (κ2) is 5.61. The number of fused-ring (bicyclic) bond motifs is 3. The van der Waals surface area contributed by atoms with Gasteiger partial charge in [0, 0.05) is 24.6 Å². The molecule has 1 nitrogen and oxygen atoms in total. The van der Waals surface area contributed by atoms with E-state index in [0.29, 0.717) is 0 Å². The normalized spacial score (nSPS) is 11.1. The predicted octanol–water partition coefficient (Wildman–Crippen LogP) is 5.51. The molecule has 0 N–H and O–H groups in total. The van der Waals surface area contributed by atoms with E-state index in [-0.39, 0.29) is 0 Å². The molecule has 0 aliphatic carbocycles. The summed E-state index contributed by atoms with van der Waals surface area (Å²) in [6, 6.07) is 21.7. The van der Waals surface area contributed by atoms with Crippen molar-refractivity contribution >= 4 is 22.4 Å². The molecule has 4 aromatic rings. The molecule has 0 aliphatic heterocycles. The fourth-order valence-electron chi connectivity index (χ4n) is 3.41. The van der Waals surface area contributed by atoms with Crippen LogP contribution in [0.1, 0.15) is 16.8 Å². The third-order valence-corrected chi connectivity index (χ3v) is 4.94. The Hall–Kier alpha value is -2.93. The molecule has 2 heterocycles. The molecule has 0 saturated heterocycles. The number of rotatable bonds is 2. The van der Waals surface area contributed by atoms with Crippen molar-refractivity contribution in [2.45, 2.75) is 13.8 Å². The maximum Gasteiger partial charge on any atom is 0.218 e. The van der Waals surface area contributed by atoms with Gasteiger partial charge in [-0.3, -0.25) is 0 Å². The van der Waals surface area contributed by atoms with E-state index in [0.717, 1.165) is 5.56 Å². The highest BCUT2D eigenvalue weighted by Crippen LogP contribution is 2.29. The van der Waals surface area contributed by atoms with E-state index in [1.165, 1.54) is 38.7 Å². The number of aryl methyl sites for hydroxylation is 2. The second-order valence-electron chi connectivity index (χ2n) is 6.25. The van der Waals surface area contributed by atoms with E-state index in [1.54, 1.807) is 0 Å². The van der Waals surface area contributed by atoms with Crippen LogP contribution in [0.3, 0.4) is 0 Å². The summed E-state index contributed by atoms with van der Waals surface area (Å²) < 4.78 is 2.28. The van der Waals surface area contributed by atoms with Gasteiger partial charge in [0.1, 0.15) is 0 Å². The lowest BCUT2D eigenvalue weighted by molar-refractivity contribution is -0.519. The Kier molecular flexibility index (Phi) is 3.42. The summed E-state index contributed by atoms with van der Waals surface area (Å²) in [5.74, 6) is 0. The highest BCUT2D eigenvalue weighted by Gasteiger charge is 2.15. The van der Waals surface area contributed by atoms with Crippen LogP contribution in [0.4, 0.5) is 0 Å². The van der Waals surface area contributed by atoms with Gasteiger partial charge in [-0.15, -0.1) is 0 Å². The monoisotopic (exact) mass is 310 g/mol. The zero-order chi connectivity index (χ0) is 16.7. The zero-order valence-electron chi connectivity index (χ0n) is 14.1. The molecule has 1 heteroatoms. The maximum absolute atomic E-state index is 3.82. The molecular weight excluding hydrogens is 290 g/mol. The molecule has 4 rings (SSSR count). The topological polar surface area (TPSA) is 4.10 Å². The lowest BCUT2D eigenvalue weighted by atomic mass is 9.97. The number of aromatic nitrogens is 1. The maximum atomic E-state index is 3.82. The van der Waals surface area contributed by atoms with E-state index in [9.17, 15) is 0 Å². The van der Waals surface area contributed by atoms with Crippen LogP contribution in [0.25, 0.3) is 33.5 Å². The summed E-state index contributed by atoms with van der Waals surface area (Å²) in [5.41, 5.74) is 7.50. The number of benzene rings is 2. The predicted molar refractivity (Wildman–Crippen MR) is 102 cm³/mol. The first-order valence-electron chi connectivity index (χ1n) is 8.25.